The van der Waals surface area contributed by atoms with E-state index in [9.17, 15) is 0 Å². The van der Waals surface area contributed by atoms with Crippen molar-refractivity contribution >= 4 is 128 Å². The highest BCUT2D eigenvalue weighted by Gasteiger charge is 2.26. The number of hydrogen-bond donors (Lipinski definition) is 0. The van der Waals surface area contributed by atoms with Gasteiger partial charge in [0.25, 0.3) is 0 Å². The van der Waals surface area contributed by atoms with Crippen molar-refractivity contribution in [3.05, 3.63) is 328 Å². The van der Waals surface area contributed by atoms with Crippen LogP contribution in [0.25, 0.3) is 93.6 Å². The molecule has 4 heterocycles. The molecular formula is C80H54N8. The Morgan fingerprint density at radius 2 is 0.534 bits per heavy atom. The van der Waals surface area contributed by atoms with Gasteiger partial charge in [-0.05, 0) is 158 Å². The maximum absolute atomic E-state index is 5.97. The third-order valence-corrected chi connectivity index (χ3v) is 17.1. The van der Waals surface area contributed by atoms with Gasteiger partial charge in [0, 0.05) is 94.6 Å². The smallest absolute Gasteiger partial charge is 0.237 e. The SMILES string of the molecule is c1ccc(N(c2ccc3nc(-n4c5ccccc5c5ccc(N(c6ccccc6)c6ccccc6)cc54)nc(N(c4ccccc4)c4ccc5c(c4)c4ccccc4n5-c4ccccc4)c3c2)c2ccc3c(c2)c2ccccc2n3-c2ccccc2)cc1. The summed E-state index contributed by atoms with van der Waals surface area (Å²) in [7, 11) is 0. The summed E-state index contributed by atoms with van der Waals surface area (Å²) >= 11 is 0. The summed E-state index contributed by atoms with van der Waals surface area (Å²) in [5.74, 6) is 1.28. The molecule has 0 radical (unpaired) electrons. The molecule has 0 unspecified atom stereocenters. The van der Waals surface area contributed by atoms with E-state index >= 15 is 0 Å². The predicted molar refractivity (Wildman–Crippen MR) is 367 cm³/mol. The molecule has 17 aromatic rings. The molecule has 0 saturated heterocycles. The average Bonchev–Trinajstić information content (AvgIpc) is 1.88. The molecule has 0 amide bonds. The van der Waals surface area contributed by atoms with Crippen LogP contribution in [0.1, 0.15) is 0 Å². The maximum Gasteiger partial charge on any atom is 0.237 e. The second-order valence-electron chi connectivity index (χ2n) is 22.2. The summed E-state index contributed by atoms with van der Waals surface area (Å²) in [6, 6.07) is 117. The molecule has 0 fully saturated rings. The van der Waals surface area contributed by atoms with Crippen LogP contribution in [0.3, 0.4) is 0 Å². The first kappa shape index (κ1) is 50.5. The van der Waals surface area contributed by atoms with Crippen molar-refractivity contribution in [3.63, 3.8) is 0 Å². The molecule has 0 saturated carbocycles. The van der Waals surface area contributed by atoms with Gasteiger partial charge in [-0.3, -0.25) is 9.47 Å². The highest BCUT2D eigenvalue weighted by Crippen LogP contribution is 2.47. The summed E-state index contributed by atoms with van der Waals surface area (Å²) in [5.41, 5.74) is 17.6. The summed E-state index contributed by atoms with van der Waals surface area (Å²) in [4.78, 5) is 18.7. The zero-order valence-electron chi connectivity index (χ0n) is 47.8. The van der Waals surface area contributed by atoms with E-state index in [-0.39, 0.29) is 0 Å². The lowest BCUT2D eigenvalue weighted by molar-refractivity contribution is 1.000. The lowest BCUT2D eigenvalue weighted by Crippen LogP contribution is -2.15. The van der Waals surface area contributed by atoms with E-state index in [4.69, 9.17) is 9.97 Å². The molecule has 414 valence electrons. The first-order chi connectivity index (χ1) is 43.7. The van der Waals surface area contributed by atoms with E-state index in [1.54, 1.807) is 0 Å². The minimum Gasteiger partial charge on any atom is -0.310 e. The Balaban J connectivity index is 0.933. The van der Waals surface area contributed by atoms with Gasteiger partial charge in [0.15, 0.2) is 5.82 Å². The lowest BCUT2D eigenvalue weighted by Gasteiger charge is -2.28. The summed E-state index contributed by atoms with van der Waals surface area (Å²) in [6.07, 6.45) is 0. The van der Waals surface area contributed by atoms with E-state index in [1.807, 2.05) is 0 Å². The third-order valence-electron chi connectivity index (χ3n) is 17.1. The Morgan fingerprint density at radius 1 is 0.205 bits per heavy atom. The van der Waals surface area contributed by atoms with Gasteiger partial charge >= 0.3 is 0 Å². The Labute approximate surface area is 508 Å². The van der Waals surface area contributed by atoms with Crippen molar-refractivity contribution < 1.29 is 0 Å². The predicted octanol–water partition coefficient (Wildman–Crippen LogP) is 21.3. The number of aromatic nitrogens is 5. The molecule has 8 nitrogen and oxygen atoms in total. The molecule has 88 heavy (non-hydrogen) atoms. The van der Waals surface area contributed by atoms with Gasteiger partial charge in [-0.2, -0.15) is 4.98 Å². The first-order valence-electron chi connectivity index (χ1n) is 29.8. The number of benzene rings is 13. The summed E-state index contributed by atoms with van der Waals surface area (Å²) < 4.78 is 7.00. The maximum atomic E-state index is 5.97. The van der Waals surface area contributed by atoms with Gasteiger partial charge in [-0.15, -0.1) is 0 Å². The molecular weight excluding hydrogens is 1070 g/mol. The largest absolute Gasteiger partial charge is 0.310 e. The molecule has 0 N–H and O–H groups in total. The molecule has 0 aliphatic carbocycles. The van der Waals surface area contributed by atoms with Crippen molar-refractivity contribution in [2.75, 3.05) is 14.7 Å². The van der Waals surface area contributed by atoms with Crippen molar-refractivity contribution in [2.45, 2.75) is 0 Å². The molecule has 4 aromatic heterocycles. The van der Waals surface area contributed by atoms with Crippen LogP contribution in [0.4, 0.5) is 51.3 Å². The summed E-state index contributed by atoms with van der Waals surface area (Å²) in [6.45, 7) is 0. The summed E-state index contributed by atoms with van der Waals surface area (Å²) in [5, 5.41) is 7.73. The number of rotatable bonds is 12. The molecule has 0 spiro atoms. The first-order valence-corrected chi connectivity index (χ1v) is 29.8. The Morgan fingerprint density at radius 3 is 1.02 bits per heavy atom. The highest BCUT2D eigenvalue weighted by atomic mass is 15.3. The molecule has 13 aromatic carbocycles. The zero-order valence-corrected chi connectivity index (χ0v) is 47.8. The number of para-hydroxylation sites is 9. The molecule has 0 bridgehead atoms. The Kier molecular flexibility index (Phi) is 12.0. The van der Waals surface area contributed by atoms with E-state index in [0.717, 1.165) is 134 Å². The molecule has 17 rings (SSSR count). The van der Waals surface area contributed by atoms with Crippen LogP contribution in [0.15, 0.2) is 328 Å². The minimum atomic E-state index is 0.549. The van der Waals surface area contributed by atoms with Gasteiger partial charge in [-0.25, -0.2) is 4.98 Å². The van der Waals surface area contributed by atoms with Crippen LogP contribution in [0, 0.1) is 0 Å². The molecule has 0 aliphatic rings. The second kappa shape index (κ2) is 21.0. The monoisotopic (exact) mass is 1130 g/mol. The number of fused-ring (bicyclic) bond motifs is 10. The van der Waals surface area contributed by atoms with Gasteiger partial charge in [0.1, 0.15) is 0 Å². The third kappa shape index (κ3) is 8.37. The van der Waals surface area contributed by atoms with Crippen LogP contribution in [-0.4, -0.2) is 23.7 Å². The van der Waals surface area contributed by atoms with Gasteiger partial charge in [0.05, 0.1) is 38.6 Å². The van der Waals surface area contributed by atoms with Crippen LogP contribution < -0.4 is 14.7 Å². The highest BCUT2D eigenvalue weighted by molar-refractivity contribution is 6.14. The van der Waals surface area contributed by atoms with E-state index in [1.165, 1.54) is 5.39 Å². The number of hydrogen-bond acceptors (Lipinski definition) is 5. The van der Waals surface area contributed by atoms with Gasteiger partial charge < -0.3 is 18.9 Å². The van der Waals surface area contributed by atoms with Crippen LogP contribution in [-0.2, 0) is 0 Å². The van der Waals surface area contributed by atoms with Crippen molar-refractivity contribution in [2.24, 2.45) is 0 Å². The second-order valence-corrected chi connectivity index (χ2v) is 22.2. The van der Waals surface area contributed by atoms with E-state index in [0.29, 0.717) is 5.95 Å². The number of nitrogens with zero attached hydrogens (tertiary/aromatic N) is 8. The minimum absolute atomic E-state index is 0.549. The van der Waals surface area contributed by atoms with Crippen molar-refractivity contribution in [1.29, 1.82) is 0 Å². The molecule has 0 atom stereocenters. The van der Waals surface area contributed by atoms with Crippen molar-refractivity contribution in [1.82, 2.24) is 23.7 Å². The Hall–Kier alpha value is -12.0. The van der Waals surface area contributed by atoms with Gasteiger partial charge in [-0.1, -0.05) is 170 Å². The molecule has 0 aliphatic heterocycles. The molecule has 8 heteroatoms. The Bertz CT molecular complexity index is 5410. The fourth-order valence-electron chi connectivity index (χ4n) is 13.3. The van der Waals surface area contributed by atoms with Crippen molar-refractivity contribution in [3.8, 4) is 17.3 Å². The normalized spacial score (nSPS) is 11.6. The van der Waals surface area contributed by atoms with Crippen LogP contribution >= 0.6 is 0 Å². The quantitative estimate of drug-likeness (QED) is 0.122. The number of anilines is 9. The van der Waals surface area contributed by atoms with E-state index in [2.05, 4.69) is 356 Å². The average molecular weight is 1130 g/mol. The van der Waals surface area contributed by atoms with Crippen LogP contribution in [0.2, 0.25) is 0 Å². The van der Waals surface area contributed by atoms with Crippen LogP contribution in [0.5, 0.6) is 0 Å². The fraction of sp³-hybridized carbons (Fsp3) is 0. The van der Waals surface area contributed by atoms with Gasteiger partial charge in [0.2, 0.25) is 5.95 Å². The fourth-order valence-corrected chi connectivity index (χ4v) is 13.3. The lowest BCUT2D eigenvalue weighted by atomic mass is 10.1. The topological polar surface area (TPSA) is 50.3 Å². The zero-order chi connectivity index (χ0) is 58.1. The van der Waals surface area contributed by atoms with E-state index < -0.39 is 0 Å². The standard InChI is InChI=1S/C80H54N8/c1-7-25-55(26-8-1)83(56-27-9-2-10-28-56)64-43-47-68-65-37-19-24-42-75(65)88(78(68)54-64)80-81-72-48-44-61(84(57-29-11-3-12-30-57)62-45-49-76-69(51-62)66-38-20-22-40-73(66)86(76)59-33-15-5-16-34-59)53-71(72)79(82-80)85(58-31-13-4-14-32-58)63-46-50-77-70(52-63)67-39-21-23-41-74(67)87(77)60-35-17-6-18-36-60/h1-54H.